The van der Waals surface area contributed by atoms with Gasteiger partial charge in [-0.3, -0.25) is 9.11 Å². The zero-order valence-electron chi connectivity index (χ0n) is 20.1. The third-order valence-electron chi connectivity index (χ3n) is 5.91. The predicted molar refractivity (Wildman–Crippen MR) is 146 cm³/mol. The molecule has 0 aliphatic rings. The van der Waals surface area contributed by atoms with E-state index >= 15 is 0 Å². The smallest absolute Gasteiger partial charge is 0.295 e. The second-order valence-corrected chi connectivity index (χ2v) is 11.2. The Morgan fingerprint density at radius 1 is 0.475 bits per heavy atom. The molecule has 0 saturated heterocycles. The van der Waals surface area contributed by atoms with Gasteiger partial charge in [-0.05, 0) is 36.4 Å². The molecule has 5 rings (SSSR count). The van der Waals surface area contributed by atoms with Crippen LogP contribution in [0.15, 0.2) is 115 Å². The largest absolute Gasteiger partial charge is 0.505 e. The Morgan fingerprint density at radius 3 is 1.35 bits per heavy atom. The Morgan fingerprint density at radius 2 is 0.875 bits per heavy atom. The van der Waals surface area contributed by atoms with Gasteiger partial charge in [0.15, 0.2) is 11.4 Å². The first-order valence-corrected chi connectivity index (χ1v) is 14.2. The van der Waals surface area contributed by atoms with Gasteiger partial charge in [-0.25, -0.2) is 0 Å². The Bertz CT molecular complexity index is 2090. The summed E-state index contributed by atoms with van der Waals surface area (Å²) in [5.74, 6) is -0.993. The second kappa shape index (κ2) is 10.1. The van der Waals surface area contributed by atoms with Gasteiger partial charge < -0.3 is 10.2 Å². The van der Waals surface area contributed by atoms with Crippen molar-refractivity contribution in [3.8, 4) is 11.5 Å². The molecule has 0 aromatic heterocycles. The highest BCUT2D eigenvalue weighted by Crippen LogP contribution is 2.45. The molecule has 0 unspecified atom stereocenters. The van der Waals surface area contributed by atoms with Gasteiger partial charge in [0.25, 0.3) is 20.2 Å². The van der Waals surface area contributed by atoms with Gasteiger partial charge in [0.1, 0.15) is 21.2 Å². The van der Waals surface area contributed by atoms with Gasteiger partial charge in [0.2, 0.25) is 0 Å². The van der Waals surface area contributed by atoms with Crippen LogP contribution in [0.3, 0.4) is 0 Å². The summed E-state index contributed by atoms with van der Waals surface area (Å²) in [6, 6.07) is 20.1. The average molecular weight is 579 g/mol. The van der Waals surface area contributed by atoms with E-state index in [1.807, 2.05) is 0 Å². The molecule has 5 aromatic carbocycles. The maximum Gasteiger partial charge on any atom is 0.295 e. The highest BCUT2D eigenvalue weighted by atomic mass is 32.2. The lowest BCUT2D eigenvalue weighted by atomic mass is 10.1. The number of aromatic hydroxyl groups is 2. The molecule has 0 amide bonds. The van der Waals surface area contributed by atoms with E-state index in [1.165, 1.54) is 42.5 Å². The monoisotopic (exact) mass is 578 g/mol. The van der Waals surface area contributed by atoms with Crippen molar-refractivity contribution in [3.05, 3.63) is 84.9 Å². The minimum atomic E-state index is -4.50. The van der Waals surface area contributed by atoms with E-state index in [-0.39, 0.29) is 43.3 Å². The van der Waals surface area contributed by atoms with Crippen molar-refractivity contribution in [2.24, 2.45) is 20.5 Å². The van der Waals surface area contributed by atoms with Crippen molar-refractivity contribution < 1.29 is 36.2 Å². The summed E-state index contributed by atoms with van der Waals surface area (Å²) in [7, 11) is -8.99. The number of hydrogen-bond donors (Lipinski definition) is 4. The van der Waals surface area contributed by atoms with E-state index in [1.54, 1.807) is 36.4 Å². The minimum Gasteiger partial charge on any atom is -0.505 e. The molecule has 0 saturated carbocycles. The molecule has 0 spiro atoms. The van der Waals surface area contributed by atoms with Crippen molar-refractivity contribution in [1.82, 2.24) is 0 Å². The second-order valence-electron chi connectivity index (χ2n) is 8.41. The summed E-state index contributed by atoms with van der Waals surface area (Å²) >= 11 is 0. The van der Waals surface area contributed by atoms with E-state index in [9.17, 15) is 36.2 Å². The molecule has 202 valence electrons. The van der Waals surface area contributed by atoms with Crippen molar-refractivity contribution in [2.75, 3.05) is 0 Å². The number of phenolic OH excluding ortho intramolecular Hbond substituents is 2. The van der Waals surface area contributed by atoms with E-state index in [4.69, 9.17) is 0 Å². The molecule has 0 bridgehead atoms. The zero-order valence-corrected chi connectivity index (χ0v) is 21.7. The van der Waals surface area contributed by atoms with Crippen LogP contribution in [-0.2, 0) is 20.2 Å². The van der Waals surface area contributed by atoms with Crippen LogP contribution in [0.4, 0.5) is 22.7 Å². The lowest BCUT2D eigenvalue weighted by Gasteiger charge is -2.07. The summed E-state index contributed by atoms with van der Waals surface area (Å²) in [6.07, 6.45) is 0. The predicted octanol–water partition coefficient (Wildman–Crippen LogP) is 6.73. The Kier molecular flexibility index (Phi) is 6.77. The first kappa shape index (κ1) is 26.8. The molecular weight excluding hydrogens is 560 g/mol. The molecule has 0 heterocycles. The minimum absolute atomic E-state index is 0.0960. The van der Waals surface area contributed by atoms with Gasteiger partial charge in [0.05, 0.1) is 11.4 Å². The molecule has 0 fully saturated rings. The number of phenols is 2. The zero-order chi connectivity index (χ0) is 28.7. The van der Waals surface area contributed by atoms with Crippen LogP contribution in [-0.4, -0.2) is 36.2 Å². The Balaban J connectivity index is 1.54. The normalized spacial score (nSPS) is 12.7. The van der Waals surface area contributed by atoms with Gasteiger partial charge in [-0.1, -0.05) is 48.5 Å². The maximum absolute atomic E-state index is 11.7. The molecule has 0 aliphatic heterocycles. The number of hydrogen-bond acceptors (Lipinski definition) is 10. The van der Waals surface area contributed by atoms with Crippen LogP contribution in [0.5, 0.6) is 11.5 Å². The molecule has 4 N–H and O–H groups in total. The van der Waals surface area contributed by atoms with Crippen LogP contribution < -0.4 is 0 Å². The fourth-order valence-electron chi connectivity index (χ4n) is 4.08. The van der Waals surface area contributed by atoms with Crippen molar-refractivity contribution in [3.63, 3.8) is 0 Å². The van der Waals surface area contributed by atoms with Gasteiger partial charge in [-0.2, -0.15) is 16.8 Å². The summed E-state index contributed by atoms with van der Waals surface area (Å²) < 4.78 is 66.0. The lowest BCUT2D eigenvalue weighted by molar-refractivity contribution is 0.453. The van der Waals surface area contributed by atoms with E-state index in [0.717, 1.165) is 6.07 Å². The van der Waals surface area contributed by atoms with Crippen LogP contribution in [0.2, 0.25) is 0 Å². The summed E-state index contributed by atoms with van der Waals surface area (Å²) in [5, 5.41) is 38.3. The van der Waals surface area contributed by atoms with Crippen LogP contribution in [0, 0.1) is 0 Å². The molecule has 14 heteroatoms. The summed E-state index contributed by atoms with van der Waals surface area (Å²) in [5.41, 5.74) is -0.00416. The summed E-state index contributed by atoms with van der Waals surface area (Å²) in [6.45, 7) is 0. The molecule has 40 heavy (non-hydrogen) atoms. The quantitative estimate of drug-likeness (QED) is 0.125. The molecule has 0 atom stereocenters. The Hall–Kier alpha value is -4.76. The van der Waals surface area contributed by atoms with Crippen molar-refractivity contribution in [1.29, 1.82) is 0 Å². The highest BCUT2D eigenvalue weighted by Gasteiger charge is 2.18. The number of benzene rings is 5. The highest BCUT2D eigenvalue weighted by molar-refractivity contribution is 7.86. The van der Waals surface area contributed by atoms with E-state index in [0.29, 0.717) is 10.8 Å². The number of fused-ring (bicyclic) bond motifs is 2. The Labute approximate surface area is 227 Å². The molecule has 5 aromatic rings. The third kappa shape index (κ3) is 5.11. The van der Waals surface area contributed by atoms with Gasteiger partial charge in [0, 0.05) is 21.5 Å². The number of nitrogens with zero attached hydrogens (tertiary/aromatic N) is 4. The number of azo groups is 2. The van der Waals surface area contributed by atoms with E-state index < -0.39 is 31.7 Å². The molecular formula is C26H18N4O8S2. The molecule has 0 radical (unpaired) electrons. The average Bonchev–Trinajstić information content (AvgIpc) is 2.91. The summed E-state index contributed by atoms with van der Waals surface area (Å²) in [4.78, 5) is -0.610. The first-order chi connectivity index (χ1) is 18.9. The van der Waals surface area contributed by atoms with Crippen LogP contribution >= 0.6 is 0 Å². The topological polar surface area (TPSA) is 199 Å². The third-order valence-corrected chi connectivity index (χ3v) is 7.73. The lowest BCUT2D eigenvalue weighted by Crippen LogP contribution is -1.98. The van der Waals surface area contributed by atoms with Crippen LogP contribution in [0.25, 0.3) is 21.5 Å². The fourth-order valence-corrected chi connectivity index (χ4v) is 5.48. The standard InChI is InChI=1S/C26H18N4O8S2/c31-22-12-9-21(29-27-19-10-13-23(39(33,34)35)17-7-3-1-5-15(17)19)26(32)25(22)30-28-20-11-14-24(40(36,37)38)18-8-4-2-6-16(18)20/h1-14,31-32H,(H,33,34,35)(H,36,37,38)/b29-27-,30-28?. The van der Waals surface area contributed by atoms with Crippen molar-refractivity contribution >= 4 is 64.5 Å². The molecule has 12 nitrogen and oxygen atoms in total. The van der Waals surface area contributed by atoms with E-state index in [2.05, 4.69) is 20.5 Å². The molecule has 0 aliphatic carbocycles. The fraction of sp³-hybridized carbons (Fsp3) is 0. The number of rotatable bonds is 6. The SMILES string of the molecule is O=S(=O)(O)c1ccc(N=Nc2c(O)ccc(/N=N\c3ccc(S(=O)(=O)O)c4ccccc34)c2O)c2ccccc12. The van der Waals surface area contributed by atoms with Gasteiger partial charge >= 0.3 is 0 Å². The first-order valence-electron chi connectivity index (χ1n) is 11.3. The maximum atomic E-state index is 11.7. The van der Waals surface area contributed by atoms with Crippen LogP contribution in [0.1, 0.15) is 0 Å². The van der Waals surface area contributed by atoms with Crippen molar-refractivity contribution in [2.45, 2.75) is 9.79 Å². The van der Waals surface area contributed by atoms with Gasteiger partial charge in [-0.15, -0.1) is 20.5 Å².